The number of nitrogen functional groups attached to an aromatic ring is 1. The van der Waals surface area contributed by atoms with E-state index >= 15 is 0 Å². The molecule has 3 nitrogen and oxygen atoms in total. The van der Waals surface area contributed by atoms with Gasteiger partial charge < -0.3 is 10.3 Å². The highest BCUT2D eigenvalue weighted by Crippen LogP contribution is 2.38. The molecule has 0 atom stereocenters. The topological polar surface area (TPSA) is 52.0 Å². The molecule has 106 valence electrons. The fraction of sp³-hybridized carbons (Fsp3) is 0.0625. The second-order valence-corrected chi connectivity index (χ2v) is 6.07. The number of rotatable bonds is 2. The maximum Gasteiger partial charge on any atom is 0.230 e. The summed E-state index contributed by atoms with van der Waals surface area (Å²) in [7, 11) is 0. The first-order chi connectivity index (χ1) is 10.1. The summed E-state index contributed by atoms with van der Waals surface area (Å²) in [5.41, 5.74) is 10.2. The molecule has 1 heterocycles. The Bertz CT molecular complexity index is 814. The smallest absolute Gasteiger partial charge is 0.230 e. The SMILES string of the molecule is Cc1ccc(-c2noc(N)c2-c2cccc(Br)c2)cc1Cl. The Balaban J connectivity index is 2.19. The predicted molar refractivity (Wildman–Crippen MR) is 89.2 cm³/mol. The Labute approximate surface area is 135 Å². The summed E-state index contributed by atoms with van der Waals surface area (Å²) < 4.78 is 6.15. The van der Waals surface area contributed by atoms with Gasteiger partial charge >= 0.3 is 0 Å². The highest BCUT2D eigenvalue weighted by atomic mass is 79.9. The average molecular weight is 364 g/mol. The van der Waals surface area contributed by atoms with E-state index in [0.29, 0.717) is 16.6 Å². The van der Waals surface area contributed by atoms with Gasteiger partial charge in [0.2, 0.25) is 5.88 Å². The van der Waals surface area contributed by atoms with Gasteiger partial charge in [-0.2, -0.15) is 0 Å². The minimum Gasteiger partial charge on any atom is -0.367 e. The lowest BCUT2D eigenvalue weighted by Crippen LogP contribution is -1.88. The van der Waals surface area contributed by atoms with Crippen LogP contribution in [0.3, 0.4) is 0 Å². The molecule has 0 saturated carbocycles. The van der Waals surface area contributed by atoms with Crippen molar-refractivity contribution in [1.29, 1.82) is 0 Å². The first-order valence-electron chi connectivity index (χ1n) is 6.34. The van der Waals surface area contributed by atoms with Gasteiger partial charge in [0.25, 0.3) is 0 Å². The van der Waals surface area contributed by atoms with Crippen LogP contribution >= 0.6 is 27.5 Å². The molecule has 21 heavy (non-hydrogen) atoms. The van der Waals surface area contributed by atoms with E-state index in [1.165, 1.54) is 0 Å². The van der Waals surface area contributed by atoms with E-state index in [9.17, 15) is 0 Å². The van der Waals surface area contributed by atoms with Crippen molar-refractivity contribution in [2.45, 2.75) is 6.92 Å². The zero-order chi connectivity index (χ0) is 15.0. The largest absolute Gasteiger partial charge is 0.367 e. The fourth-order valence-electron chi connectivity index (χ4n) is 2.16. The molecule has 0 radical (unpaired) electrons. The average Bonchev–Trinajstić information content (AvgIpc) is 2.84. The van der Waals surface area contributed by atoms with Crippen molar-refractivity contribution in [3.63, 3.8) is 0 Å². The Morgan fingerprint density at radius 3 is 2.67 bits per heavy atom. The molecule has 3 aromatic rings. The number of hydrogen-bond acceptors (Lipinski definition) is 3. The lowest BCUT2D eigenvalue weighted by atomic mass is 10.0. The Morgan fingerprint density at radius 1 is 1.14 bits per heavy atom. The van der Waals surface area contributed by atoms with Gasteiger partial charge in [0, 0.05) is 15.1 Å². The third-order valence-corrected chi connectivity index (χ3v) is 4.18. The number of hydrogen-bond donors (Lipinski definition) is 1. The monoisotopic (exact) mass is 362 g/mol. The molecule has 3 rings (SSSR count). The van der Waals surface area contributed by atoms with Crippen molar-refractivity contribution in [3.05, 3.63) is 57.5 Å². The van der Waals surface area contributed by atoms with Crippen molar-refractivity contribution in [2.24, 2.45) is 0 Å². The zero-order valence-corrected chi connectivity index (χ0v) is 13.6. The lowest BCUT2D eigenvalue weighted by Gasteiger charge is -2.05. The van der Waals surface area contributed by atoms with Crippen LogP contribution in [0.15, 0.2) is 51.5 Å². The van der Waals surface area contributed by atoms with Crippen molar-refractivity contribution in [1.82, 2.24) is 5.16 Å². The summed E-state index contributed by atoms with van der Waals surface area (Å²) in [5, 5.41) is 4.78. The van der Waals surface area contributed by atoms with E-state index in [4.69, 9.17) is 21.9 Å². The van der Waals surface area contributed by atoms with Crippen LogP contribution in [-0.4, -0.2) is 5.16 Å². The van der Waals surface area contributed by atoms with Crippen LogP contribution in [0, 0.1) is 6.92 Å². The van der Waals surface area contributed by atoms with E-state index in [0.717, 1.165) is 26.7 Å². The van der Waals surface area contributed by atoms with Crippen LogP contribution in [-0.2, 0) is 0 Å². The standard InChI is InChI=1S/C16H12BrClN2O/c1-9-5-6-11(8-13(9)18)15-14(16(19)21-20-15)10-3-2-4-12(17)7-10/h2-8H,19H2,1H3. The predicted octanol–water partition coefficient (Wildman–Crippen LogP) is 5.32. The van der Waals surface area contributed by atoms with Crippen LogP contribution in [0.2, 0.25) is 5.02 Å². The number of benzene rings is 2. The minimum absolute atomic E-state index is 0.291. The Kier molecular flexibility index (Phi) is 3.74. The summed E-state index contributed by atoms with van der Waals surface area (Å²) in [6.07, 6.45) is 0. The molecule has 2 N–H and O–H groups in total. The third-order valence-electron chi connectivity index (χ3n) is 3.28. The molecular weight excluding hydrogens is 352 g/mol. The highest BCUT2D eigenvalue weighted by Gasteiger charge is 2.18. The van der Waals surface area contributed by atoms with Gasteiger partial charge in [-0.25, -0.2) is 0 Å². The van der Waals surface area contributed by atoms with Gasteiger partial charge in [-0.05, 0) is 36.2 Å². The molecule has 0 aliphatic heterocycles. The second-order valence-electron chi connectivity index (χ2n) is 4.74. The molecular formula is C16H12BrClN2O. The maximum atomic E-state index is 6.20. The molecule has 0 fully saturated rings. The molecule has 5 heteroatoms. The Hall–Kier alpha value is -1.78. The molecule has 0 amide bonds. The minimum atomic E-state index is 0.291. The number of anilines is 1. The van der Waals surface area contributed by atoms with Gasteiger partial charge in [-0.15, -0.1) is 0 Å². The molecule has 0 spiro atoms. The molecule has 2 aromatic carbocycles. The molecule has 0 aliphatic rings. The summed E-state index contributed by atoms with van der Waals surface area (Å²) in [6.45, 7) is 1.96. The molecule has 0 saturated heterocycles. The third kappa shape index (κ3) is 2.69. The summed E-state index contributed by atoms with van der Waals surface area (Å²) in [6, 6.07) is 13.6. The molecule has 0 unspecified atom stereocenters. The maximum absolute atomic E-state index is 6.20. The number of nitrogens with two attached hydrogens (primary N) is 1. The van der Waals surface area contributed by atoms with E-state index in [1.54, 1.807) is 0 Å². The van der Waals surface area contributed by atoms with Crippen LogP contribution in [0.1, 0.15) is 5.56 Å². The van der Waals surface area contributed by atoms with Gasteiger partial charge in [0.1, 0.15) is 5.69 Å². The van der Waals surface area contributed by atoms with Crippen molar-refractivity contribution in [3.8, 4) is 22.4 Å². The summed E-state index contributed by atoms with van der Waals surface area (Å²) in [4.78, 5) is 0. The van der Waals surface area contributed by atoms with Crippen LogP contribution in [0.25, 0.3) is 22.4 Å². The quantitative estimate of drug-likeness (QED) is 0.671. The number of halogens is 2. The first kappa shape index (κ1) is 14.2. The van der Waals surface area contributed by atoms with Crippen molar-refractivity contribution >= 4 is 33.4 Å². The van der Waals surface area contributed by atoms with Crippen LogP contribution in [0.4, 0.5) is 5.88 Å². The van der Waals surface area contributed by atoms with E-state index in [1.807, 2.05) is 49.4 Å². The second kappa shape index (κ2) is 5.54. The van der Waals surface area contributed by atoms with E-state index < -0.39 is 0 Å². The molecule has 0 aliphatic carbocycles. The van der Waals surface area contributed by atoms with Crippen molar-refractivity contribution < 1.29 is 4.52 Å². The van der Waals surface area contributed by atoms with Crippen LogP contribution in [0.5, 0.6) is 0 Å². The molecule has 0 bridgehead atoms. The molecule has 1 aromatic heterocycles. The number of nitrogens with zero attached hydrogens (tertiary/aromatic N) is 1. The normalized spacial score (nSPS) is 10.8. The fourth-order valence-corrected chi connectivity index (χ4v) is 2.74. The number of aryl methyl sites for hydroxylation is 1. The van der Waals surface area contributed by atoms with Gasteiger partial charge in [-0.3, -0.25) is 0 Å². The van der Waals surface area contributed by atoms with Gasteiger partial charge in [0.05, 0.1) is 5.56 Å². The van der Waals surface area contributed by atoms with Gasteiger partial charge in [-0.1, -0.05) is 57.0 Å². The number of aromatic nitrogens is 1. The van der Waals surface area contributed by atoms with E-state index in [-0.39, 0.29) is 0 Å². The van der Waals surface area contributed by atoms with Crippen molar-refractivity contribution in [2.75, 3.05) is 5.73 Å². The zero-order valence-electron chi connectivity index (χ0n) is 11.2. The summed E-state index contributed by atoms with van der Waals surface area (Å²) in [5.74, 6) is 0.291. The summed E-state index contributed by atoms with van der Waals surface area (Å²) >= 11 is 9.66. The van der Waals surface area contributed by atoms with E-state index in [2.05, 4.69) is 21.1 Å². The van der Waals surface area contributed by atoms with Crippen LogP contribution < -0.4 is 5.73 Å². The Morgan fingerprint density at radius 2 is 1.95 bits per heavy atom. The highest BCUT2D eigenvalue weighted by molar-refractivity contribution is 9.10. The lowest BCUT2D eigenvalue weighted by molar-refractivity contribution is 0.439. The van der Waals surface area contributed by atoms with Gasteiger partial charge in [0.15, 0.2) is 0 Å². The first-order valence-corrected chi connectivity index (χ1v) is 7.51.